The number of Topliss-reactive ketones (excluding diaryl/α,β-unsaturated/α-hetero) is 1. The van der Waals surface area contributed by atoms with Gasteiger partial charge in [0, 0.05) is 11.5 Å². The third kappa shape index (κ3) is 4.29. The summed E-state index contributed by atoms with van der Waals surface area (Å²) in [6, 6.07) is 12.4. The minimum Gasteiger partial charge on any atom is -0.494 e. The largest absolute Gasteiger partial charge is 0.494 e. The summed E-state index contributed by atoms with van der Waals surface area (Å²) in [6.45, 7) is 7.65. The fourth-order valence-corrected chi connectivity index (χ4v) is 3.90. The van der Waals surface area contributed by atoms with Crippen LogP contribution in [-0.2, 0) is 4.79 Å². The highest BCUT2D eigenvalue weighted by atomic mass is 32.1. The zero-order valence-electron chi connectivity index (χ0n) is 17.3. The molecule has 0 aliphatic carbocycles. The Morgan fingerprint density at radius 3 is 2.50 bits per heavy atom. The van der Waals surface area contributed by atoms with Crippen molar-refractivity contribution in [3.63, 3.8) is 0 Å². The first-order valence-electron chi connectivity index (χ1n) is 9.45. The van der Waals surface area contributed by atoms with Crippen LogP contribution in [-0.4, -0.2) is 17.0 Å². The van der Waals surface area contributed by atoms with Crippen molar-refractivity contribution in [2.45, 2.75) is 27.7 Å². The van der Waals surface area contributed by atoms with Crippen molar-refractivity contribution >= 4 is 28.8 Å². The lowest BCUT2D eigenvalue weighted by Gasteiger charge is -2.15. The molecule has 0 atom stereocenters. The molecule has 3 rings (SSSR count). The van der Waals surface area contributed by atoms with Gasteiger partial charge in [-0.2, -0.15) is 5.26 Å². The van der Waals surface area contributed by atoms with E-state index in [9.17, 15) is 14.9 Å². The van der Waals surface area contributed by atoms with Gasteiger partial charge in [0.2, 0.25) is 0 Å². The Morgan fingerprint density at radius 1 is 1.27 bits per heavy atom. The number of benzene rings is 1. The molecule has 0 amide bonds. The van der Waals surface area contributed by atoms with Crippen molar-refractivity contribution < 1.29 is 13.9 Å². The number of rotatable bonds is 5. The molecule has 0 radical (unpaired) electrons. The summed E-state index contributed by atoms with van der Waals surface area (Å²) in [7, 11) is 0. The van der Waals surface area contributed by atoms with Gasteiger partial charge in [0.1, 0.15) is 27.8 Å². The van der Waals surface area contributed by atoms with Crippen LogP contribution in [0.15, 0.2) is 51.9 Å². The average molecular weight is 423 g/mol. The third-order valence-corrected chi connectivity index (χ3v) is 5.37. The van der Waals surface area contributed by atoms with E-state index in [1.807, 2.05) is 13.0 Å². The van der Waals surface area contributed by atoms with Crippen LogP contribution in [0.25, 0.3) is 17.3 Å². The first kappa shape index (κ1) is 21.3. The van der Waals surface area contributed by atoms with Crippen molar-refractivity contribution in [2.75, 3.05) is 6.61 Å². The molecule has 30 heavy (non-hydrogen) atoms. The molecule has 0 spiro atoms. The smallest absolute Gasteiger partial charge is 0.273 e. The maximum atomic E-state index is 13.3. The van der Waals surface area contributed by atoms with E-state index in [1.54, 1.807) is 63.2 Å². The number of carbonyl (C=O) groups is 1. The van der Waals surface area contributed by atoms with Gasteiger partial charge in [-0.25, -0.2) is 0 Å². The molecule has 0 N–H and O–H groups in total. The molecule has 0 aliphatic heterocycles. The van der Waals surface area contributed by atoms with Crippen molar-refractivity contribution in [2.24, 2.45) is 5.41 Å². The van der Waals surface area contributed by atoms with Gasteiger partial charge in [-0.3, -0.25) is 14.2 Å². The lowest BCUT2D eigenvalue weighted by Crippen LogP contribution is -2.33. The second kappa shape index (κ2) is 8.56. The van der Waals surface area contributed by atoms with Crippen molar-refractivity contribution in [3.8, 4) is 17.5 Å². The molecular weight excluding hydrogens is 400 g/mol. The highest BCUT2D eigenvalue weighted by Gasteiger charge is 2.27. The van der Waals surface area contributed by atoms with E-state index in [1.165, 1.54) is 10.8 Å². The van der Waals surface area contributed by atoms with Crippen LogP contribution in [0.5, 0.6) is 5.75 Å². The van der Waals surface area contributed by atoms with E-state index in [4.69, 9.17) is 9.15 Å². The number of hydrogen-bond donors (Lipinski definition) is 0. The van der Waals surface area contributed by atoms with Crippen LogP contribution in [0.3, 0.4) is 0 Å². The van der Waals surface area contributed by atoms with E-state index < -0.39 is 5.41 Å². The van der Waals surface area contributed by atoms with Gasteiger partial charge < -0.3 is 9.15 Å². The predicted octanol–water partition coefficient (Wildman–Crippen LogP) is 3.01. The van der Waals surface area contributed by atoms with Crippen LogP contribution in [0.1, 0.15) is 33.5 Å². The number of ether oxygens (including phenoxy) is 1. The number of carbonyl (C=O) groups excluding carboxylic acids is 1. The maximum Gasteiger partial charge on any atom is 0.273 e. The summed E-state index contributed by atoms with van der Waals surface area (Å²) in [4.78, 5) is 26.2. The second-order valence-electron chi connectivity index (χ2n) is 7.56. The van der Waals surface area contributed by atoms with Crippen LogP contribution in [0.4, 0.5) is 0 Å². The highest BCUT2D eigenvalue weighted by Crippen LogP contribution is 2.20. The van der Waals surface area contributed by atoms with E-state index in [2.05, 4.69) is 0 Å². The van der Waals surface area contributed by atoms with Crippen molar-refractivity contribution in [3.05, 3.63) is 68.0 Å². The number of ketones is 1. The first-order valence-corrected chi connectivity index (χ1v) is 10.3. The number of nitrogens with zero attached hydrogens (tertiary/aromatic N) is 2. The highest BCUT2D eigenvalue weighted by molar-refractivity contribution is 7.07. The summed E-state index contributed by atoms with van der Waals surface area (Å²) in [5.41, 5.74) is -0.592. The summed E-state index contributed by atoms with van der Waals surface area (Å²) in [6.07, 6.45) is 3.12. The molecule has 0 bridgehead atoms. The molecule has 154 valence electrons. The molecular formula is C23H22N2O4S. The van der Waals surface area contributed by atoms with Gasteiger partial charge in [0.25, 0.3) is 5.56 Å². The van der Waals surface area contributed by atoms with Crippen LogP contribution < -0.4 is 19.5 Å². The SMILES string of the molecule is CCOc1ccc(-n2c(=O)/c(=C\c3ccco3)s/c2=C(/C#N)C(=O)C(C)(C)C)cc1. The summed E-state index contributed by atoms with van der Waals surface area (Å²) in [5.74, 6) is 0.860. The fraction of sp³-hybridized carbons (Fsp3) is 0.261. The van der Waals surface area contributed by atoms with Gasteiger partial charge in [0.15, 0.2) is 5.78 Å². The monoisotopic (exact) mass is 422 g/mol. The number of thiazole rings is 1. The van der Waals surface area contributed by atoms with Gasteiger partial charge in [-0.1, -0.05) is 20.8 Å². The number of nitriles is 1. The summed E-state index contributed by atoms with van der Waals surface area (Å²) >= 11 is 1.09. The molecule has 6 nitrogen and oxygen atoms in total. The summed E-state index contributed by atoms with van der Waals surface area (Å²) in [5, 5.41) is 9.79. The molecule has 2 aromatic heterocycles. The van der Waals surface area contributed by atoms with Crippen molar-refractivity contribution in [1.82, 2.24) is 4.57 Å². The Balaban J connectivity index is 2.36. The normalized spacial score (nSPS) is 13.1. The molecule has 2 heterocycles. The summed E-state index contributed by atoms with van der Waals surface area (Å²) < 4.78 is 12.9. The van der Waals surface area contributed by atoms with Crippen LogP contribution >= 0.6 is 11.3 Å². The minimum absolute atomic E-state index is 0.0439. The van der Waals surface area contributed by atoms with Crippen LogP contribution in [0.2, 0.25) is 0 Å². The first-order chi connectivity index (χ1) is 14.3. The molecule has 7 heteroatoms. The maximum absolute atomic E-state index is 13.3. The molecule has 3 aromatic rings. The van der Waals surface area contributed by atoms with E-state index in [-0.39, 0.29) is 16.9 Å². The Morgan fingerprint density at radius 2 is 1.97 bits per heavy atom. The third-order valence-electron chi connectivity index (χ3n) is 4.28. The molecule has 0 saturated heterocycles. The average Bonchev–Trinajstić information content (AvgIpc) is 3.32. The molecule has 1 aromatic carbocycles. The number of furan rings is 1. The standard InChI is InChI=1S/C23H22N2O4S/c1-5-28-16-10-8-15(9-11-16)25-21(27)19(13-17-7-6-12-29-17)30-22(25)18(14-24)20(26)23(2,3)4/h6-13H,5H2,1-4H3/b19-13+,22-18-. The molecule has 0 fully saturated rings. The van der Waals surface area contributed by atoms with Gasteiger partial charge in [-0.05, 0) is 43.3 Å². The topological polar surface area (TPSA) is 85.2 Å². The van der Waals surface area contributed by atoms with E-state index >= 15 is 0 Å². The van der Waals surface area contributed by atoms with Gasteiger partial charge in [-0.15, -0.1) is 11.3 Å². The number of hydrogen-bond acceptors (Lipinski definition) is 6. The lowest BCUT2D eigenvalue weighted by molar-refractivity contribution is -0.120. The van der Waals surface area contributed by atoms with Crippen LogP contribution in [0, 0.1) is 16.7 Å². The zero-order valence-corrected chi connectivity index (χ0v) is 18.1. The molecule has 0 aliphatic rings. The Labute approximate surface area is 178 Å². The quantitative estimate of drug-likeness (QED) is 0.631. The van der Waals surface area contributed by atoms with E-state index in [0.717, 1.165) is 11.3 Å². The molecule has 0 saturated carbocycles. The van der Waals surface area contributed by atoms with Gasteiger partial charge >= 0.3 is 0 Å². The zero-order chi connectivity index (χ0) is 21.9. The lowest BCUT2D eigenvalue weighted by atomic mass is 9.87. The second-order valence-corrected chi connectivity index (χ2v) is 8.60. The van der Waals surface area contributed by atoms with Gasteiger partial charge in [0.05, 0.1) is 23.1 Å². The molecule has 0 unspecified atom stereocenters. The van der Waals surface area contributed by atoms with E-state index in [0.29, 0.717) is 33.0 Å². The minimum atomic E-state index is -0.764. The van der Waals surface area contributed by atoms with Crippen molar-refractivity contribution in [1.29, 1.82) is 5.26 Å². The Kier molecular flexibility index (Phi) is 6.09. The number of aromatic nitrogens is 1. The Bertz CT molecular complexity index is 1270. The fourth-order valence-electron chi connectivity index (χ4n) is 2.82. The Hall–Kier alpha value is -3.37. The predicted molar refractivity (Wildman–Crippen MR) is 116 cm³/mol.